The van der Waals surface area contributed by atoms with Gasteiger partial charge in [-0.1, -0.05) is 0 Å². The van der Waals surface area contributed by atoms with Crippen LogP contribution in [0.3, 0.4) is 0 Å². The van der Waals surface area contributed by atoms with Gasteiger partial charge in [-0.15, -0.1) is 0 Å². The molecule has 1 saturated heterocycles. The van der Waals surface area contributed by atoms with Crippen LogP contribution in [0.15, 0.2) is 0 Å². The van der Waals surface area contributed by atoms with Crippen LogP contribution in [0.5, 0.6) is 0 Å². The first-order valence-corrected chi connectivity index (χ1v) is 8.23. The molecule has 3 N–H and O–H groups in total. The summed E-state index contributed by atoms with van der Waals surface area (Å²) >= 11 is 0. The van der Waals surface area contributed by atoms with Crippen LogP contribution < -0.4 is 16.0 Å². The molecule has 136 valence electrons. The molecule has 0 saturated carbocycles. The Balaban J connectivity index is 2.11. The van der Waals surface area contributed by atoms with E-state index in [0.717, 1.165) is 19.4 Å². The second-order valence-electron chi connectivity index (χ2n) is 6.75. The molecular weight excluding hydrogens is 314 g/mol. The summed E-state index contributed by atoms with van der Waals surface area (Å²) in [5.74, 6) is -1.97. The summed E-state index contributed by atoms with van der Waals surface area (Å²) in [5.41, 5.74) is -0.701. The Morgan fingerprint density at radius 1 is 1.17 bits per heavy atom. The Hall–Kier alpha value is -1.96. The fourth-order valence-corrected chi connectivity index (χ4v) is 2.18. The minimum absolute atomic E-state index is 0.00749. The smallest absolute Gasteiger partial charge is 0.375 e. The van der Waals surface area contributed by atoms with Crippen LogP contribution in [-0.2, 0) is 23.9 Å². The zero-order valence-electron chi connectivity index (χ0n) is 14.6. The van der Waals surface area contributed by atoms with E-state index in [4.69, 9.17) is 4.74 Å². The van der Waals surface area contributed by atoms with E-state index >= 15 is 0 Å². The molecule has 1 aliphatic heterocycles. The molecule has 0 unspecified atom stereocenters. The van der Waals surface area contributed by atoms with Crippen LogP contribution in [0, 0.1) is 0 Å². The molecule has 0 aromatic rings. The Kier molecular flexibility index (Phi) is 7.84. The van der Waals surface area contributed by atoms with Crippen molar-refractivity contribution in [2.45, 2.75) is 58.1 Å². The first-order valence-electron chi connectivity index (χ1n) is 8.23. The second-order valence-corrected chi connectivity index (χ2v) is 6.75. The average Bonchev–Trinajstić information content (AvgIpc) is 3.01. The van der Waals surface area contributed by atoms with Gasteiger partial charge in [0.05, 0.1) is 12.6 Å². The van der Waals surface area contributed by atoms with Gasteiger partial charge in [0.2, 0.25) is 17.6 Å². The highest BCUT2D eigenvalue weighted by molar-refractivity contribution is 6.33. The maximum Gasteiger partial charge on any atom is 0.375 e. The van der Waals surface area contributed by atoms with Crippen LogP contribution in [0.4, 0.5) is 0 Å². The van der Waals surface area contributed by atoms with Crippen molar-refractivity contribution < 1.29 is 23.9 Å². The minimum Gasteiger partial charge on any atom is -0.454 e. The van der Waals surface area contributed by atoms with Crippen molar-refractivity contribution in [3.05, 3.63) is 0 Å². The third-order valence-corrected chi connectivity index (χ3v) is 3.33. The van der Waals surface area contributed by atoms with Gasteiger partial charge in [0.1, 0.15) is 5.60 Å². The Morgan fingerprint density at radius 3 is 2.46 bits per heavy atom. The van der Waals surface area contributed by atoms with Crippen LogP contribution >= 0.6 is 0 Å². The highest BCUT2D eigenvalue weighted by atomic mass is 16.6. The van der Waals surface area contributed by atoms with Crippen molar-refractivity contribution in [3.63, 3.8) is 0 Å². The molecule has 0 aromatic carbocycles. The van der Waals surface area contributed by atoms with Gasteiger partial charge in [-0.25, -0.2) is 4.79 Å². The van der Waals surface area contributed by atoms with Gasteiger partial charge in [-0.05, 0) is 46.6 Å². The fourth-order valence-electron chi connectivity index (χ4n) is 2.18. The Morgan fingerprint density at radius 2 is 1.88 bits per heavy atom. The van der Waals surface area contributed by atoms with Crippen molar-refractivity contribution in [2.75, 3.05) is 19.6 Å². The number of hydrogen-bond acceptors (Lipinski definition) is 6. The monoisotopic (exact) mass is 341 g/mol. The molecule has 1 aliphatic rings. The standard InChI is InChI=1S/C16H27N3O5/c1-16(2,3)24-15(23)12(20)7-5-9-18-13(21)10-19-14(22)11-6-4-8-17-11/h11,17H,4-10H2,1-3H3,(H,18,21)(H,19,22)/t11-/m0/s1. The number of nitrogens with one attached hydrogen (secondary N) is 3. The first kappa shape index (κ1) is 20.1. The van der Waals surface area contributed by atoms with E-state index < -0.39 is 17.4 Å². The number of Topliss-reactive ketones (excluding diaryl/α,β-unsaturated/α-hetero) is 1. The fraction of sp³-hybridized carbons (Fsp3) is 0.750. The molecule has 2 amide bonds. The second kappa shape index (κ2) is 9.36. The Labute approximate surface area is 142 Å². The van der Waals surface area contributed by atoms with Crippen molar-refractivity contribution in [3.8, 4) is 0 Å². The maximum atomic E-state index is 11.7. The third-order valence-electron chi connectivity index (χ3n) is 3.33. The lowest BCUT2D eigenvalue weighted by molar-refractivity contribution is -0.162. The highest BCUT2D eigenvalue weighted by Crippen LogP contribution is 2.08. The molecule has 0 spiro atoms. The van der Waals surface area contributed by atoms with E-state index in [1.165, 1.54) is 0 Å². The minimum atomic E-state index is -0.856. The lowest BCUT2D eigenvalue weighted by Gasteiger charge is -2.18. The van der Waals surface area contributed by atoms with Crippen molar-refractivity contribution in [1.29, 1.82) is 0 Å². The number of amides is 2. The zero-order valence-corrected chi connectivity index (χ0v) is 14.6. The first-order chi connectivity index (χ1) is 11.2. The van der Waals surface area contributed by atoms with Gasteiger partial charge in [0, 0.05) is 13.0 Å². The molecule has 0 aliphatic carbocycles. The number of carbonyl (C=O) groups is 4. The van der Waals surface area contributed by atoms with Crippen LogP contribution in [0.2, 0.25) is 0 Å². The van der Waals surface area contributed by atoms with E-state index in [9.17, 15) is 19.2 Å². The topological polar surface area (TPSA) is 114 Å². The number of carbonyl (C=O) groups excluding carboxylic acids is 4. The summed E-state index contributed by atoms with van der Waals surface area (Å²) in [6.07, 6.45) is 2.08. The van der Waals surface area contributed by atoms with E-state index in [1.807, 2.05) is 0 Å². The average molecular weight is 341 g/mol. The summed E-state index contributed by atoms with van der Waals surface area (Å²) in [7, 11) is 0. The van der Waals surface area contributed by atoms with E-state index in [1.54, 1.807) is 20.8 Å². The van der Waals surface area contributed by atoms with Crippen LogP contribution in [-0.4, -0.2) is 54.8 Å². The highest BCUT2D eigenvalue weighted by Gasteiger charge is 2.23. The zero-order chi connectivity index (χ0) is 18.2. The van der Waals surface area contributed by atoms with Crippen molar-refractivity contribution in [1.82, 2.24) is 16.0 Å². The van der Waals surface area contributed by atoms with Gasteiger partial charge in [-0.2, -0.15) is 0 Å². The normalized spacial score (nSPS) is 17.2. The van der Waals surface area contributed by atoms with Gasteiger partial charge in [0.15, 0.2) is 0 Å². The third kappa shape index (κ3) is 8.05. The number of esters is 1. The molecule has 0 radical (unpaired) electrons. The molecule has 8 heteroatoms. The predicted octanol–water partition coefficient (Wildman–Crippen LogP) is -0.338. The lowest BCUT2D eigenvalue weighted by Crippen LogP contribution is -2.44. The Bertz CT molecular complexity index is 479. The number of ether oxygens (including phenoxy) is 1. The largest absolute Gasteiger partial charge is 0.454 e. The summed E-state index contributed by atoms with van der Waals surface area (Å²) in [5, 5.41) is 8.20. The predicted molar refractivity (Wildman–Crippen MR) is 87.1 cm³/mol. The van der Waals surface area contributed by atoms with Crippen molar-refractivity contribution >= 4 is 23.6 Å². The van der Waals surface area contributed by atoms with Gasteiger partial charge >= 0.3 is 5.97 Å². The molecule has 8 nitrogen and oxygen atoms in total. The molecule has 24 heavy (non-hydrogen) atoms. The summed E-state index contributed by atoms with van der Waals surface area (Å²) in [6.45, 7) is 6.03. The molecular formula is C16H27N3O5. The quantitative estimate of drug-likeness (QED) is 0.316. The van der Waals surface area contributed by atoms with Crippen LogP contribution in [0.1, 0.15) is 46.5 Å². The molecule has 0 bridgehead atoms. The van der Waals surface area contributed by atoms with Crippen LogP contribution in [0.25, 0.3) is 0 Å². The SMILES string of the molecule is CC(C)(C)OC(=O)C(=O)CCCNC(=O)CNC(=O)[C@@H]1CCCN1. The van der Waals surface area contributed by atoms with Gasteiger partial charge in [0.25, 0.3) is 0 Å². The molecule has 0 aromatic heterocycles. The van der Waals surface area contributed by atoms with E-state index in [2.05, 4.69) is 16.0 Å². The van der Waals surface area contributed by atoms with Gasteiger partial charge < -0.3 is 20.7 Å². The summed E-state index contributed by atoms with van der Waals surface area (Å²) in [4.78, 5) is 46.4. The molecule has 1 heterocycles. The van der Waals surface area contributed by atoms with Gasteiger partial charge in [-0.3, -0.25) is 14.4 Å². The van der Waals surface area contributed by atoms with E-state index in [-0.39, 0.29) is 37.4 Å². The number of rotatable bonds is 8. The molecule has 1 atom stereocenters. The van der Waals surface area contributed by atoms with E-state index in [0.29, 0.717) is 6.42 Å². The summed E-state index contributed by atoms with van der Waals surface area (Å²) < 4.78 is 4.96. The molecule has 1 rings (SSSR count). The lowest BCUT2D eigenvalue weighted by atomic mass is 10.2. The van der Waals surface area contributed by atoms with Crippen molar-refractivity contribution in [2.24, 2.45) is 0 Å². The molecule has 1 fully saturated rings. The number of ketones is 1. The summed E-state index contributed by atoms with van der Waals surface area (Å²) in [6, 6.07) is -0.218. The maximum absolute atomic E-state index is 11.7. The number of hydrogen-bond donors (Lipinski definition) is 3.